The molecule has 0 aromatic heterocycles. The molecule has 13 heteroatoms. The van der Waals surface area contributed by atoms with E-state index >= 15 is 0 Å². The van der Waals surface area contributed by atoms with Crippen molar-refractivity contribution in [3.05, 3.63) is 68.7 Å². The first-order valence-electron chi connectivity index (χ1n) is 10.4. The summed E-state index contributed by atoms with van der Waals surface area (Å²) in [6, 6.07) is 4.61. The van der Waals surface area contributed by atoms with E-state index in [9.17, 15) is 18.0 Å². The van der Waals surface area contributed by atoms with Crippen LogP contribution in [0.3, 0.4) is 0 Å². The van der Waals surface area contributed by atoms with Crippen LogP contribution < -0.4 is 9.47 Å². The monoisotopic (exact) mass is 610 g/mol. The molecule has 0 bridgehead atoms. The molecule has 0 aliphatic heterocycles. The Hall–Kier alpha value is -2.43. The first-order valence-corrected chi connectivity index (χ1v) is 13.4. The van der Waals surface area contributed by atoms with Crippen LogP contribution in [0.4, 0.5) is 0 Å². The normalized spacial score (nSPS) is 11.0. The highest BCUT2D eigenvalue weighted by Gasteiger charge is 2.24. The molecule has 2 rings (SSSR count). The van der Waals surface area contributed by atoms with E-state index in [-0.39, 0.29) is 79.0 Å². The minimum atomic E-state index is -4.16. The van der Waals surface area contributed by atoms with Gasteiger partial charge in [0.05, 0.1) is 29.9 Å². The summed E-state index contributed by atoms with van der Waals surface area (Å²) in [6.45, 7) is 9.58. The molecule has 37 heavy (non-hydrogen) atoms. The van der Waals surface area contributed by atoms with Gasteiger partial charge in [-0.05, 0) is 38.1 Å². The second kappa shape index (κ2) is 13.4. The van der Waals surface area contributed by atoms with E-state index in [4.69, 9.17) is 65.4 Å². The summed E-state index contributed by atoms with van der Waals surface area (Å²) in [4.78, 5) is 22.4. The van der Waals surface area contributed by atoms with Crippen LogP contribution >= 0.6 is 46.4 Å². The van der Waals surface area contributed by atoms with Gasteiger partial charge in [0.2, 0.25) is 9.84 Å². The number of rotatable bonds is 12. The van der Waals surface area contributed by atoms with Gasteiger partial charge < -0.3 is 18.9 Å². The zero-order chi connectivity index (χ0) is 27.9. The first kappa shape index (κ1) is 30.8. The summed E-state index contributed by atoms with van der Waals surface area (Å²) in [5, 5.41) is -0.338. The molecule has 2 aromatic rings. The summed E-state index contributed by atoms with van der Waals surface area (Å²) < 4.78 is 47.1. The molecule has 0 fully saturated rings. The highest BCUT2D eigenvalue weighted by molar-refractivity contribution is 7.91. The largest absolute Gasteiger partial charge is 0.487 e. The third-order valence-electron chi connectivity index (χ3n) is 4.39. The molecule has 0 unspecified atom stereocenters. The average molecular weight is 612 g/mol. The number of hydrogen-bond donors (Lipinski definition) is 0. The van der Waals surface area contributed by atoms with Crippen molar-refractivity contribution in [3.63, 3.8) is 0 Å². The van der Waals surface area contributed by atoms with Gasteiger partial charge in [0.1, 0.15) is 26.4 Å². The van der Waals surface area contributed by atoms with Crippen molar-refractivity contribution in [2.45, 2.75) is 23.6 Å². The van der Waals surface area contributed by atoms with Crippen molar-refractivity contribution in [2.75, 3.05) is 26.4 Å². The summed E-state index contributed by atoms with van der Waals surface area (Å²) in [5.74, 6) is -1.13. The Morgan fingerprint density at radius 3 is 1.24 bits per heavy atom. The number of sulfone groups is 1. The van der Waals surface area contributed by atoms with Gasteiger partial charge in [-0.1, -0.05) is 59.6 Å². The number of hydrogen-bond acceptors (Lipinski definition) is 8. The highest BCUT2D eigenvalue weighted by atomic mass is 35.5. The summed E-state index contributed by atoms with van der Waals surface area (Å²) in [5.41, 5.74) is 0.462. The van der Waals surface area contributed by atoms with Gasteiger partial charge in [-0.3, -0.25) is 0 Å². The minimum Gasteiger partial charge on any atom is -0.487 e. The first-order chi connectivity index (χ1) is 17.2. The molecule has 0 heterocycles. The third kappa shape index (κ3) is 8.28. The molecule has 0 radical (unpaired) electrons. The van der Waals surface area contributed by atoms with E-state index in [0.717, 1.165) is 24.3 Å². The third-order valence-corrected chi connectivity index (χ3v) is 7.22. The predicted octanol–water partition coefficient (Wildman–Crippen LogP) is 6.13. The van der Waals surface area contributed by atoms with Crippen molar-refractivity contribution >= 4 is 68.2 Å². The van der Waals surface area contributed by atoms with Crippen LogP contribution in [0, 0.1) is 0 Å². The Labute approximate surface area is 234 Å². The fraction of sp³-hybridized carbons (Fsp3) is 0.250. The fourth-order valence-electron chi connectivity index (χ4n) is 2.60. The molecule has 2 aromatic carbocycles. The van der Waals surface area contributed by atoms with Crippen LogP contribution in [0.1, 0.15) is 13.8 Å². The maximum absolute atomic E-state index is 13.2. The lowest BCUT2D eigenvalue weighted by Gasteiger charge is -2.14. The number of halogens is 4. The molecule has 0 saturated heterocycles. The Balaban J connectivity index is 2.17. The van der Waals surface area contributed by atoms with E-state index in [2.05, 4.69) is 13.2 Å². The minimum absolute atomic E-state index is 0.0146. The van der Waals surface area contributed by atoms with E-state index in [1.54, 1.807) is 0 Å². The predicted molar refractivity (Wildman–Crippen MR) is 141 cm³/mol. The van der Waals surface area contributed by atoms with Gasteiger partial charge in [-0.25, -0.2) is 18.0 Å². The molecular weight excluding hydrogens is 590 g/mol. The zero-order valence-electron chi connectivity index (χ0n) is 19.7. The zero-order valence-corrected chi connectivity index (χ0v) is 23.6. The van der Waals surface area contributed by atoms with Crippen LogP contribution in [0.25, 0.3) is 0 Å². The maximum Gasteiger partial charge on any atom is 0.333 e. The van der Waals surface area contributed by atoms with Gasteiger partial charge >= 0.3 is 11.9 Å². The molecular formula is C24H22Cl4O8S. The summed E-state index contributed by atoms with van der Waals surface area (Å²) >= 11 is 24.8. The Morgan fingerprint density at radius 2 is 0.973 bits per heavy atom. The second-order valence-electron chi connectivity index (χ2n) is 7.46. The van der Waals surface area contributed by atoms with Crippen molar-refractivity contribution in [2.24, 2.45) is 0 Å². The number of ether oxygens (including phenoxy) is 4. The fourth-order valence-corrected chi connectivity index (χ4v) is 5.41. The van der Waals surface area contributed by atoms with E-state index in [1.165, 1.54) is 13.8 Å². The smallest absolute Gasteiger partial charge is 0.333 e. The molecule has 0 amide bonds. The molecule has 0 atom stereocenters. The highest BCUT2D eigenvalue weighted by Crippen LogP contribution is 2.40. The van der Waals surface area contributed by atoms with Gasteiger partial charge in [0, 0.05) is 11.1 Å². The lowest BCUT2D eigenvalue weighted by molar-refractivity contribution is -0.140. The number of carbonyl (C=O) groups is 2. The topological polar surface area (TPSA) is 105 Å². The molecule has 200 valence electrons. The van der Waals surface area contributed by atoms with E-state index in [1.807, 2.05) is 0 Å². The van der Waals surface area contributed by atoms with Crippen molar-refractivity contribution in [3.8, 4) is 11.5 Å². The van der Waals surface area contributed by atoms with Crippen molar-refractivity contribution in [1.82, 2.24) is 0 Å². The van der Waals surface area contributed by atoms with Gasteiger partial charge in [-0.2, -0.15) is 0 Å². The van der Waals surface area contributed by atoms with Crippen molar-refractivity contribution in [1.29, 1.82) is 0 Å². The van der Waals surface area contributed by atoms with Crippen molar-refractivity contribution < 1.29 is 37.0 Å². The average Bonchev–Trinajstić information content (AvgIpc) is 2.81. The van der Waals surface area contributed by atoms with Crippen LogP contribution in [-0.4, -0.2) is 46.8 Å². The van der Waals surface area contributed by atoms with Crippen LogP contribution in [-0.2, 0) is 28.9 Å². The molecule has 0 aliphatic rings. The maximum atomic E-state index is 13.2. The summed E-state index contributed by atoms with van der Waals surface area (Å²) in [7, 11) is -4.16. The van der Waals surface area contributed by atoms with Gasteiger partial charge in [0.25, 0.3) is 0 Å². The van der Waals surface area contributed by atoms with Gasteiger partial charge in [0.15, 0.2) is 11.5 Å². The SMILES string of the molecule is C=C(C)C(=O)OCCOc1c(Cl)cc(S(=O)(=O)c2cc(Cl)c(OCCOC(=O)C(=C)C)c(Cl)c2)cc1Cl. The standard InChI is InChI=1S/C24H22Cl4O8S/c1-13(2)23(29)35-7-5-33-21-17(25)9-15(10-18(21)26)37(31,32)16-11-19(27)22(20(28)12-16)34-6-8-36-24(30)14(3)4/h9-12H,1,3,5-8H2,2,4H3. The Kier molecular flexibility index (Phi) is 11.1. The number of carbonyl (C=O) groups excluding carboxylic acids is 2. The second-order valence-corrected chi connectivity index (χ2v) is 11.0. The van der Waals surface area contributed by atoms with E-state index in [0.29, 0.717) is 0 Å². The molecule has 0 aliphatic carbocycles. The lowest BCUT2D eigenvalue weighted by atomic mass is 10.3. The molecule has 0 N–H and O–H groups in total. The Bertz CT molecular complexity index is 1200. The van der Waals surface area contributed by atoms with E-state index < -0.39 is 21.8 Å². The van der Waals surface area contributed by atoms with Gasteiger partial charge in [-0.15, -0.1) is 0 Å². The molecule has 0 saturated carbocycles. The number of benzene rings is 2. The quantitative estimate of drug-likeness (QED) is 0.160. The van der Waals surface area contributed by atoms with Crippen LogP contribution in [0.15, 0.2) is 58.4 Å². The Morgan fingerprint density at radius 1 is 0.676 bits per heavy atom. The lowest BCUT2D eigenvalue weighted by Crippen LogP contribution is -2.13. The number of esters is 2. The van der Waals surface area contributed by atoms with Crippen LogP contribution in [0.2, 0.25) is 20.1 Å². The molecule has 8 nitrogen and oxygen atoms in total. The molecule has 0 spiro atoms. The van der Waals surface area contributed by atoms with Crippen LogP contribution in [0.5, 0.6) is 11.5 Å². The summed E-state index contributed by atoms with van der Waals surface area (Å²) in [6.07, 6.45) is 0.